The van der Waals surface area contributed by atoms with E-state index in [1.54, 1.807) is 13.3 Å². The highest BCUT2D eigenvalue weighted by Crippen LogP contribution is 2.16. The minimum absolute atomic E-state index is 0.506. The largest absolute Gasteiger partial charge is 0.497 e. The van der Waals surface area contributed by atoms with Crippen LogP contribution in [0.25, 0.3) is 0 Å². The quantitative estimate of drug-likeness (QED) is 0.671. The van der Waals surface area contributed by atoms with E-state index in [9.17, 15) is 0 Å². The first-order valence-electron chi connectivity index (χ1n) is 8.14. The Morgan fingerprint density at radius 3 is 2.62 bits per heavy atom. The highest BCUT2D eigenvalue weighted by atomic mass is 16.5. The van der Waals surface area contributed by atoms with Crippen molar-refractivity contribution in [1.82, 2.24) is 15.2 Å². The van der Waals surface area contributed by atoms with Gasteiger partial charge in [-0.05, 0) is 30.7 Å². The lowest BCUT2D eigenvalue weighted by Crippen LogP contribution is -2.21. The van der Waals surface area contributed by atoms with Crippen molar-refractivity contribution in [2.75, 3.05) is 44.1 Å². The van der Waals surface area contributed by atoms with Crippen LogP contribution in [-0.2, 0) is 0 Å². The van der Waals surface area contributed by atoms with Crippen LogP contribution in [0.15, 0.2) is 30.5 Å². The molecule has 1 heterocycles. The van der Waals surface area contributed by atoms with E-state index in [1.807, 2.05) is 31.3 Å². The number of unbranched alkanes of at least 4 members (excludes halogenated alkanes) is 1. The maximum absolute atomic E-state index is 5.65. The number of methoxy groups -OCH3 is 1. The van der Waals surface area contributed by atoms with E-state index in [1.165, 1.54) is 0 Å². The molecule has 1 aromatic heterocycles. The van der Waals surface area contributed by atoms with Crippen molar-refractivity contribution < 1.29 is 9.47 Å². The fourth-order valence-electron chi connectivity index (χ4n) is 2.07. The summed E-state index contributed by atoms with van der Waals surface area (Å²) in [6, 6.07) is 7.48. The Balaban J connectivity index is 1.77. The molecule has 2 rings (SSSR count). The number of ether oxygens (including phenoxy) is 2. The maximum Gasteiger partial charge on any atom is 0.244 e. The predicted octanol–water partition coefficient (Wildman–Crippen LogP) is 2.61. The summed E-state index contributed by atoms with van der Waals surface area (Å²) >= 11 is 0. The summed E-state index contributed by atoms with van der Waals surface area (Å²) < 4.78 is 10.8. The summed E-state index contributed by atoms with van der Waals surface area (Å²) in [7, 11) is 3.65. The van der Waals surface area contributed by atoms with E-state index in [2.05, 4.69) is 32.3 Å². The van der Waals surface area contributed by atoms with Gasteiger partial charge in [0.05, 0.1) is 19.9 Å². The van der Waals surface area contributed by atoms with Gasteiger partial charge in [0.1, 0.15) is 18.1 Å². The molecule has 0 spiro atoms. The average molecular weight is 331 g/mol. The molecule has 1 aromatic carbocycles. The zero-order chi connectivity index (χ0) is 17.2. The molecule has 0 aliphatic rings. The lowest BCUT2D eigenvalue weighted by Gasteiger charge is -2.17. The zero-order valence-electron chi connectivity index (χ0n) is 14.5. The van der Waals surface area contributed by atoms with Crippen LogP contribution in [0, 0.1) is 0 Å². The molecule has 0 atom stereocenters. The maximum atomic E-state index is 5.65. The molecule has 0 unspecified atom stereocenters. The van der Waals surface area contributed by atoms with Crippen molar-refractivity contribution in [1.29, 1.82) is 0 Å². The van der Waals surface area contributed by atoms with Crippen LogP contribution in [0.1, 0.15) is 19.8 Å². The van der Waals surface area contributed by atoms with Gasteiger partial charge in [0.25, 0.3) is 0 Å². The van der Waals surface area contributed by atoms with Gasteiger partial charge in [0.2, 0.25) is 5.95 Å². The van der Waals surface area contributed by atoms with Crippen LogP contribution in [0.2, 0.25) is 0 Å². The molecular formula is C17H25N5O2. The van der Waals surface area contributed by atoms with Gasteiger partial charge in [0.15, 0.2) is 5.82 Å². The molecule has 0 fully saturated rings. The molecule has 0 saturated heterocycles. The monoisotopic (exact) mass is 331 g/mol. The zero-order valence-corrected chi connectivity index (χ0v) is 14.5. The normalized spacial score (nSPS) is 10.3. The molecule has 7 heteroatoms. The van der Waals surface area contributed by atoms with E-state index in [0.29, 0.717) is 19.1 Å². The summed E-state index contributed by atoms with van der Waals surface area (Å²) in [4.78, 5) is 6.54. The topological polar surface area (TPSA) is 72.4 Å². The number of aromatic nitrogens is 3. The number of hydrogen-bond donors (Lipinski definition) is 1. The highest BCUT2D eigenvalue weighted by Gasteiger charge is 2.05. The third kappa shape index (κ3) is 5.57. The van der Waals surface area contributed by atoms with Crippen molar-refractivity contribution in [2.24, 2.45) is 0 Å². The third-order valence-corrected chi connectivity index (χ3v) is 3.50. The fraction of sp³-hybridized carbons (Fsp3) is 0.471. The molecule has 0 aliphatic heterocycles. The molecule has 130 valence electrons. The van der Waals surface area contributed by atoms with Crippen LogP contribution in [0.5, 0.6) is 11.5 Å². The van der Waals surface area contributed by atoms with Crippen LogP contribution < -0.4 is 19.7 Å². The molecule has 2 aromatic rings. The smallest absolute Gasteiger partial charge is 0.244 e. The average Bonchev–Trinajstić information content (AvgIpc) is 2.64. The molecule has 0 saturated carbocycles. The lowest BCUT2D eigenvalue weighted by molar-refractivity contribution is 0.331. The van der Waals surface area contributed by atoms with E-state index in [4.69, 9.17) is 9.47 Å². The van der Waals surface area contributed by atoms with Crippen LogP contribution in [-0.4, -0.2) is 49.0 Å². The Morgan fingerprint density at radius 1 is 1.17 bits per heavy atom. The number of nitrogens with zero attached hydrogens (tertiary/aromatic N) is 4. The van der Waals surface area contributed by atoms with Gasteiger partial charge in [-0.3, -0.25) is 0 Å². The first kappa shape index (κ1) is 17.8. The summed E-state index contributed by atoms with van der Waals surface area (Å²) in [5.74, 6) is 2.93. The van der Waals surface area contributed by atoms with Crippen molar-refractivity contribution in [3.8, 4) is 11.5 Å². The van der Waals surface area contributed by atoms with Gasteiger partial charge in [-0.2, -0.15) is 10.1 Å². The Bertz CT molecular complexity index is 606. The number of benzene rings is 1. The predicted molar refractivity (Wildman–Crippen MR) is 95.0 cm³/mol. The Hall–Kier alpha value is -2.57. The van der Waals surface area contributed by atoms with Crippen molar-refractivity contribution in [3.63, 3.8) is 0 Å². The first-order chi connectivity index (χ1) is 11.7. The number of rotatable bonds is 10. The van der Waals surface area contributed by atoms with Crippen LogP contribution in [0.3, 0.4) is 0 Å². The van der Waals surface area contributed by atoms with E-state index < -0.39 is 0 Å². The Kier molecular flexibility index (Phi) is 7.07. The van der Waals surface area contributed by atoms with Crippen molar-refractivity contribution >= 4 is 11.8 Å². The number of nitrogens with one attached hydrogen (secondary N) is 1. The molecule has 0 radical (unpaired) electrons. The first-order valence-corrected chi connectivity index (χ1v) is 8.14. The molecule has 24 heavy (non-hydrogen) atoms. The molecule has 0 aliphatic carbocycles. The Labute approximate surface area is 143 Å². The van der Waals surface area contributed by atoms with E-state index in [0.717, 1.165) is 36.7 Å². The van der Waals surface area contributed by atoms with Crippen molar-refractivity contribution in [2.45, 2.75) is 19.8 Å². The minimum Gasteiger partial charge on any atom is -0.497 e. The van der Waals surface area contributed by atoms with E-state index >= 15 is 0 Å². The molecule has 1 N–H and O–H groups in total. The lowest BCUT2D eigenvalue weighted by atomic mass is 10.3. The van der Waals surface area contributed by atoms with Gasteiger partial charge in [-0.1, -0.05) is 13.3 Å². The van der Waals surface area contributed by atoms with Crippen LogP contribution >= 0.6 is 0 Å². The summed E-state index contributed by atoms with van der Waals surface area (Å²) in [5, 5.41) is 11.1. The standard InChI is InChI=1S/C17H25N5O2/c1-4-5-11-22(2)16-13-19-21-17(20-16)18-10-12-24-15-8-6-14(23-3)7-9-15/h6-9,13H,4-5,10-12H2,1-3H3,(H,18,20,21). The second kappa shape index (κ2) is 9.54. The summed E-state index contributed by atoms with van der Waals surface area (Å²) in [5.41, 5.74) is 0. The van der Waals surface area contributed by atoms with Gasteiger partial charge in [-0.15, -0.1) is 5.10 Å². The number of hydrogen-bond acceptors (Lipinski definition) is 7. The van der Waals surface area contributed by atoms with Crippen LogP contribution in [0.4, 0.5) is 11.8 Å². The molecular weight excluding hydrogens is 306 g/mol. The van der Waals surface area contributed by atoms with Gasteiger partial charge in [-0.25, -0.2) is 0 Å². The minimum atomic E-state index is 0.506. The summed E-state index contributed by atoms with van der Waals surface area (Å²) in [6.07, 6.45) is 3.95. The SMILES string of the molecule is CCCCN(C)c1cnnc(NCCOc2ccc(OC)cc2)n1. The molecule has 0 bridgehead atoms. The second-order valence-corrected chi connectivity index (χ2v) is 5.36. The van der Waals surface area contributed by atoms with Gasteiger partial charge in [0, 0.05) is 13.6 Å². The molecule has 0 amide bonds. The van der Waals surface area contributed by atoms with Crippen molar-refractivity contribution in [3.05, 3.63) is 30.5 Å². The second-order valence-electron chi connectivity index (χ2n) is 5.36. The fourth-order valence-corrected chi connectivity index (χ4v) is 2.07. The van der Waals surface area contributed by atoms with Gasteiger partial charge < -0.3 is 19.7 Å². The third-order valence-electron chi connectivity index (χ3n) is 3.50. The highest BCUT2D eigenvalue weighted by molar-refractivity contribution is 5.39. The van der Waals surface area contributed by atoms with E-state index in [-0.39, 0.29) is 0 Å². The molecule has 7 nitrogen and oxygen atoms in total. The number of anilines is 2. The Morgan fingerprint density at radius 2 is 1.92 bits per heavy atom. The summed E-state index contributed by atoms with van der Waals surface area (Å²) in [6.45, 7) is 4.22. The van der Waals surface area contributed by atoms with Gasteiger partial charge >= 0.3 is 0 Å².